The number of likely N-dealkylation sites (tertiary alicyclic amines) is 1. The summed E-state index contributed by atoms with van der Waals surface area (Å²) in [5.41, 5.74) is 2.21. The fraction of sp³-hybridized carbons (Fsp3) is 0.182. The second kappa shape index (κ2) is 8.41. The Hall–Kier alpha value is -2.97. The number of thiophene rings is 1. The molecule has 1 aliphatic heterocycles. The van der Waals surface area contributed by atoms with E-state index in [1.807, 2.05) is 53.7 Å². The van der Waals surface area contributed by atoms with Crippen molar-refractivity contribution in [3.05, 3.63) is 70.9 Å². The maximum absolute atomic E-state index is 12.9. The number of amidine groups is 1. The topological polar surface area (TPSA) is 78.8 Å². The van der Waals surface area contributed by atoms with E-state index >= 15 is 0 Å². The summed E-state index contributed by atoms with van der Waals surface area (Å²) in [6.07, 6.45) is 1.54. The summed E-state index contributed by atoms with van der Waals surface area (Å²) in [6, 6.07) is 17.8. The van der Waals surface area contributed by atoms with Crippen molar-refractivity contribution in [2.45, 2.75) is 17.7 Å². The molecule has 0 saturated carbocycles. The fourth-order valence-electron chi connectivity index (χ4n) is 3.35. The highest BCUT2D eigenvalue weighted by Gasteiger charge is 2.21. The van der Waals surface area contributed by atoms with Crippen LogP contribution in [0.4, 0.5) is 5.69 Å². The van der Waals surface area contributed by atoms with Gasteiger partial charge in [0.25, 0.3) is 15.9 Å². The Kier molecular flexibility index (Phi) is 5.69. The van der Waals surface area contributed by atoms with E-state index in [0.717, 1.165) is 24.1 Å². The molecule has 0 radical (unpaired) electrons. The van der Waals surface area contributed by atoms with E-state index in [9.17, 15) is 13.2 Å². The summed E-state index contributed by atoms with van der Waals surface area (Å²) in [7, 11) is -2.01. The van der Waals surface area contributed by atoms with Gasteiger partial charge in [0.2, 0.25) is 0 Å². The third-order valence-electron chi connectivity index (χ3n) is 4.91. The van der Waals surface area contributed by atoms with E-state index in [2.05, 4.69) is 9.71 Å². The lowest BCUT2D eigenvalue weighted by Gasteiger charge is -2.11. The Labute approximate surface area is 179 Å². The molecule has 8 heteroatoms. The van der Waals surface area contributed by atoms with Gasteiger partial charge in [-0.3, -0.25) is 4.79 Å². The smallest absolute Gasteiger partial charge is 0.284 e. The van der Waals surface area contributed by atoms with E-state index in [-0.39, 0.29) is 10.8 Å². The molecule has 6 nitrogen and oxygen atoms in total. The summed E-state index contributed by atoms with van der Waals surface area (Å²) in [6.45, 7) is 0.801. The molecule has 0 unspecified atom stereocenters. The van der Waals surface area contributed by atoms with Crippen molar-refractivity contribution in [2.24, 2.45) is 4.40 Å². The molecular weight excluding hydrogens is 418 g/mol. The molecule has 3 aromatic rings. The van der Waals surface area contributed by atoms with E-state index in [4.69, 9.17) is 0 Å². The van der Waals surface area contributed by atoms with Crippen LogP contribution in [0.5, 0.6) is 0 Å². The van der Waals surface area contributed by atoms with Crippen molar-refractivity contribution < 1.29 is 13.2 Å². The molecule has 1 fully saturated rings. The van der Waals surface area contributed by atoms with Gasteiger partial charge < -0.3 is 10.2 Å². The lowest BCUT2D eigenvalue weighted by atomic mass is 10.1. The number of amides is 1. The third kappa shape index (κ3) is 4.29. The summed E-state index contributed by atoms with van der Waals surface area (Å²) in [5, 5.41) is 4.68. The lowest BCUT2D eigenvalue weighted by Crippen LogP contribution is -2.20. The molecule has 1 N–H and O–H groups in total. The van der Waals surface area contributed by atoms with Crippen LogP contribution in [0.1, 0.15) is 22.5 Å². The number of benzene rings is 2. The average molecular weight is 440 g/mol. The standard InChI is InChI=1S/C22H21N3O3S2/c1-25-13-6-11-20(25)24-30(27,28)18-10-5-9-17(15-18)23-22(26)21-19(12-14-29-21)16-7-3-2-4-8-16/h2-5,7-10,12,14-15H,6,11,13H2,1H3,(H,23,26)/b24-20+. The number of hydrogen-bond acceptors (Lipinski definition) is 4. The van der Waals surface area contributed by atoms with E-state index in [1.54, 1.807) is 12.1 Å². The predicted molar refractivity (Wildman–Crippen MR) is 121 cm³/mol. The Morgan fingerprint density at radius 3 is 2.63 bits per heavy atom. The van der Waals surface area contributed by atoms with E-state index in [0.29, 0.717) is 22.8 Å². The Balaban J connectivity index is 1.57. The molecule has 0 spiro atoms. The van der Waals surface area contributed by atoms with E-state index < -0.39 is 10.0 Å². The van der Waals surface area contributed by atoms with Crippen molar-refractivity contribution in [3.63, 3.8) is 0 Å². The van der Waals surface area contributed by atoms with Crippen LogP contribution in [-0.4, -0.2) is 38.7 Å². The molecule has 2 aromatic carbocycles. The van der Waals surface area contributed by atoms with Crippen LogP contribution >= 0.6 is 11.3 Å². The summed E-state index contributed by atoms with van der Waals surface area (Å²) in [5.74, 6) is 0.288. The Morgan fingerprint density at radius 2 is 1.90 bits per heavy atom. The number of nitrogens with zero attached hydrogens (tertiary/aromatic N) is 2. The first-order valence-electron chi connectivity index (χ1n) is 9.53. The predicted octanol–water partition coefficient (Wildman–Crippen LogP) is 4.48. The quantitative estimate of drug-likeness (QED) is 0.636. The Morgan fingerprint density at radius 1 is 1.10 bits per heavy atom. The maximum Gasteiger partial charge on any atom is 0.284 e. The van der Waals surface area contributed by atoms with Crippen molar-refractivity contribution in [1.29, 1.82) is 0 Å². The van der Waals surface area contributed by atoms with Gasteiger partial charge in [0.05, 0.1) is 9.77 Å². The SMILES string of the molecule is CN1CCC/C1=N\S(=O)(=O)c1cccc(NC(=O)c2sccc2-c2ccccc2)c1. The highest BCUT2D eigenvalue weighted by atomic mass is 32.2. The first-order chi connectivity index (χ1) is 14.4. The minimum atomic E-state index is -3.84. The summed E-state index contributed by atoms with van der Waals surface area (Å²) in [4.78, 5) is 15.3. The molecule has 1 aliphatic rings. The number of carbonyl (C=O) groups is 1. The van der Waals surface area contributed by atoms with Crippen LogP contribution in [0.15, 0.2) is 75.3 Å². The van der Waals surface area contributed by atoms with E-state index in [1.165, 1.54) is 23.5 Å². The second-order valence-corrected chi connectivity index (χ2v) is 9.54. The van der Waals surface area contributed by atoms with Crippen LogP contribution in [0, 0.1) is 0 Å². The van der Waals surface area contributed by atoms with Gasteiger partial charge in [-0.25, -0.2) is 0 Å². The van der Waals surface area contributed by atoms with Gasteiger partial charge in [-0.2, -0.15) is 8.42 Å². The zero-order valence-corrected chi connectivity index (χ0v) is 18.0. The first kappa shape index (κ1) is 20.3. The number of anilines is 1. The Bertz CT molecular complexity index is 1200. The highest BCUT2D eigenvalue weighted by Crippen LogP contribution is 2.29. The molecule has 1 saturated heterocycles. The van der Waals surface area contributed by atoms with Crippen LogP contribution in [0.25, 0.3) is 11.1 Å². The normalized spacial score (nSPS) is 15.5. The summed E-state index contributed by atoms with van der Waals surface area (Å²) >= 11 is 1.35. The van der Waals surface area contributed by atoms with Crippen molar-refractivity contribution >= 4 is 38.8 Å². The molecular formula is C22H21N3O3S2. The first-order valence-corrected chi connectivity index (χ1v) is 11.9. The number of carbonyl (C=O) groups excluding carboxylic acids is 1. The highest BCUT2D eigenvalue weighted by molar-refractivity contribution is 7.90. The zero-order chi connectivity index (χ0) is 21.1. The van der Waals surface area contributed by atoms with Crippen LogP contribution in [-0.2, 0) is 10.0 Å². The third-order valence-corrected chi connectivity index (χ3v) is 7.12. The molecule has 4 rings (SSSR count). The van der Waals surface area contributed by atoms with Crippen molar-refractivity contribution in [3.8, 4) is 11.1 Å². The monoisotopic (exact) mass is 439 g/mol. The average Bonchev–Trinajstić information content (AvgIpc) is 3.38. The second-order valence-electron chi connectivity index (χ2n) is 7.02. The van der Waals surface area contributed by atoms with Gasteiger partial charge in [0.1, 0.15) is 5.84 Å². The van der Waals surface area contributed by atoms with Gasteiger partial charge >= 0.3 is 0 Å². The van der Waals surface area contributed by atoms with Crippen LogP contribution in [0.3, 0.4) is 0 Å². The van der Waals surface area contributed by atoms with Gasteiger partial charge in [0.15, 0.2) is 0 Å². The molecule has 0 bridgehead atoms. The van der Waals surface area contributed by atoms with Crippen LogP contribution < -0.4 is 5.32 Å². The molecule has 1 aromatic heterocycles. The number of sulfonamides is 1. The number of hydrogen-bond donors (Lipinski definition) is 1. The zero-order valence-electron chi connectivity index (χ0n) is 16.4. The molecule has 0 atom stereocenters. The van der Waals surface area contributed by atoms with Crippen molar-refractivity contribution in [2.75, 3.05) is 18.9 Å². The lowest BCUT2D eigenvalue weighted by molar-refractivity contribution is 0.103. The van der Waals surface area contributed by atoms with Crippen LogP contribution in [0.2, 0.25) is 0 Å². The summed E-state index contributed by atoms with van der Waals surface area (Å²) < 4.78 is 29.4. The number of rotatable bonds is 5. The molecule has 30 heavy (non-hydrogen) atoms. The fourth-order valence-corrected chi connectivity index (χ4v) is 5.30. The van der Waals surface area contributed by atoms with Gasteiger partial charge in [-0.05, 0) is 41.6 Å². The van der Waals surface area contributed by atoms with Gasteiger partial charge in [-0.1, -0.05) is 36.4 Å². The van der Waals surface area contributed by atoms with Gasteiger partial charge in [-0.15, -0.1) is 15.7 Å². The molecule has 154 valence electrons. The minimum absolute atomic E-state index is 0.0579. The largest absolute Gasteiger partial charge is 0.362 e. The van der Waals surface area contributed by atoms with Crippen molar-refractivity contribution in [1.82, 2.24) is 4.90 Å². The van der Waals surface area contributed by atoms with Gasteiger partial charge in [0, 0.05) is 31.3 Å². The molecule has 2 heterocycles. The molecule has 1 amide bonds. The molecule has 0 aliphatic carbocycles. The minimum Gasteiger partial charge on any atom is -0.362 e. The number of nitrogens with one attached hydrogen (secondary N) is 1. The maximum atomic E-state index is 12.9.